The molecule has 1 saturated carbocycles. The highest BCUT2D eigenvalue weighted by atomic mass is 16.5. The molecule has 0 bridgehead atoms. The largest absolute Gasteiger partial charge is 0.493 e. The Morgan fingerprint density at radius 2 is 2.00 bits per heavy atom. The third kappa shape index (κ3) is 3.26. The average molecular weight is 395 g/mol. The zero-order valence-electron chi connectivity index (χ0n) is 17.6. The number of benzene rings is 1. The number of allylic oxidation sites excluding steroid dienone is 1. The van der Waals surface area contributed by atoms with Gasteiger partial charge in [-0.05, 0) is 55.7 Å². The highest BCUT2D eigenvalue weighted by molar-refractivity contribution is 5.90. The Kier molecular flexibility index (Phi) is 4.80. The van der Waals surface area contributed by atoms with E-state index < -0.39 is 0 Å². The molecule has 0 radical (unpaired) electrons. The zero-order chi connectivity index (χ0) is 20.8. The summed E-state index contributed by atoms with van der Waals surface area (Å²) in [4.78, 5) is 11.5. The number of nitrogens with zero attached hydrogens (tertiary/aromatic N) is 1. The lowest BCUT2D eigenvalue weighted by Crippen LogP contribution is -2.53. The molecular weight excluding hydrogens is 366 g/mol. The van der Waals surface area contributed by atoms with Crippen molar-refractivity contribution in [2.75, 3.05) is 6.61 Å². The highest BCUT2D eigenvalue weighted by Crippen LogP contribution is 2.58. The number of oxime groups is 1. The van der Waals surface area contributed by atoms with Crippen LogP contribution in [0.5, 0.6) is 5.75 Å². The van der Waals surface area contributed by atoms with Crippen molar-refractivity contribution in [3.8, 4) is 5.75 Å². The lowest BCUT2D eigenvalue weighted by atomic mass is 9.48. The van der Waals surface area contributed by atoms with E-state index in [2.05, 4.69) is 38.9 Å². The Labute approximate surface area is 171 Å². The summed E-state index contributed by atoms with van der Waals surface area (Å²) in [5.41, 5.74) is 2.36. The molecule has 0 aliphatic heterocycles. The molecule has 1 aromatic carbocycles. The molecule has 154 valence electrons. The van der Waals surface area contributed by atoms with Crippen LogP contribution in [0, 0.1) is 22.7 Å². The Bertz CT molecular complexity index is 1050. The predicted octanol–water partition coefficient (Wildman–Crippen LogP) is 5.41. The summed E-state index contributed by atoms with van der Waals surface area (Å²) in [6, 6.07) is 8.81. The fourth-order valence-electron chi connectivity index (χ4n) is 5.67. The number of hydrogen-bond acceptors (Lipinski definition) is 5. The van der Waals surface area contributed by atoms with Gasteiger partial charge < -0.3 is 14.4 Å². The maximum absolute atomic E-state index is 11.5. The molecule has 1 N–H and O–H groups in total. The average Bonchev–Trinajstić information content (AvgIpc) is 2.66. The van der Waals surface area contributed by atoms with Crippen molar-refractivity contribution in [3.05, 3.63) is 52.4 Å². The van der Waals surface area contributed by atoms with E-state index in [-0.39, 0.29) is 22.4 Å². The summed E-state index contributed by atoms with van der Waals surface area (Å²) in [7, 11) is 0. The van der Waals surface area contributed by atoms with Gasteiger partial charge in [-0.25, -0.2) is 4.79 Å². The minimum Gasteiger partial charge on any atom is -0.493 e. The maximum Gasteiger partial charge on any atom is 0.336 e. The van der Waals surface area contributed by atoms with Crippen molar-refractivity contribution >= 4 is 16.7 Å². The van der Waals surface area contributed by atoms with Crippen LogP contribution in [0.25, 0.3) is 11.0 Å². The summed E-state index contributed by atoms with van der Waals surface area (Å²) in [5, 5.41) is 14.0. The van der Waals surface area contributed by atoms with Gasteiger partial charge in [-0.15, -0.1) is 0 Å². The van der Waals surface area contributed by atoms with Crippen molar-refractivity contribution in [1.82, 2.24) is 0 Å². The number of rotatable bonds is 3. The van der Waals surface area contributed by atoms with Crippen LogP contribution in [0.2, 0.25) is 0 Å². The Morgan fingerprint density at radius 1 is 1.24 bits per heavy atom. The number of hydrogen-bond donors (Lipinski definition) is 1. The molecule has 1 fully saturated rings. The first-order valence-electron chi connectivity index (χ1n) is 10.3. The minimum atomic E-state index is -0.359. The minimum absolute atomic E-state index is 0.0694. The lowest BCUT2D eigenvalue weighted by Gasteiger charge is -2.56. The predicted molar refractivity (Wildman–Crippen MR) is 114 cm³/mol. The maximum atomic E-state index is 11.5. The Balaban J connectivity index is 1.60. The van der Waals surface area contributed by atoms with Crippen molar-refractivity contribution in [2.45, 2.75) is 47.0 Å². The van der Waals surface area contributed by atoms with Crippen molar-refractivity contribution in [2.24, 2.45) is 27.8 Å². The number of ether oxygens (including phenoxy) is 1. The van der Waals surface area contributed by atoms with Gasteiger partial charge >= 0.3 is 5.63 Å². The van der Waals surface area contributed by atoms with Crippen LogP contribution < -0.4 is 10.4 Å². The topological polar surface area (TPSA) is 72.0 Å². The molecular formula is C24H29NO4. The normalized spacial score (nSPS) is 30.1. The molecule has 4 rings (SSSR count). The van der Waals surface area contributed by atoms with Gasteiger partial charge in [0.25, 0.3) is 0 Å². The second-order valence-corrected chi connectivity index (χ2v) is 9.33. The van der Waals surface area contributed by atoms with Gasteiger partial charge in [-0.2, -0.15) is 0 Å². The first kappa shape index (κ1) is 19.7. The van der Waals surface area contributed by atoms with E-state index in [0.717, 1.165) is 30.4 Å². The highest BCUT2D eigenvalue weighted by Gasteiger charge is 2.54. The zero-order valence-corrected chi connectivity index (χ0v) is 17.6. The molecule has 0 spiro atoms. The molecule has 1 aromatic heterocycles. The van der Waals surface area contributed by atoms with E-state index >= 15 is 0 Å². The molecule has 2 aliphatic rings. The molecule has 29 heavy (non-hydrogen) atoms. The molecule has 5 nitrogen and oxygen atoms in total. The van der Waals surface area contributed by atoms with Gasteiger partial charge in [0.2, 0.25) is 0 Å². The molecule has 2 aliphatic carbocycles. The van der Waals surface area contributed by atoms with Crippen molar-refractivity contribution in [3.63, 3.8) is 0 Å². The fraction of sp³-hybridized carbons (Fsp3) is 0.500. The van der Waals surface area contributed by atoms with Crippen LogP contribution in [0.3, 0.4) is 0 Å². The van der Waals surface area contributed by atoms with Gasteiger partial charge in [0.1, 0.15) is 11.3 Å². The van der Waals surface area contributed by atoms with E-state index in [9.17, 15) is 10.0 Å². The molecule has 1 unspecified atom stereocenters. The van der Waals surface area contributed by atoms with Crippen LogP contribution >= 0.6 is 0 Å². The van der Waals surface area contributed by atoms with Crippen LogP contribution in [0.15, 0.2) is 56.3 Å². The summed E-state index contributed by atoms with van der Waals surface area (Å²) in [6.45, 7) is 9.51. The smallest absolute Gasteiger partial charge is 0.336 e. The molecule has 1 heterocycles. The van der Waals surface area contributed by atoms with Crippen LogP contribution in [-0.4, -0.2) is 17.5 Å². The summed E-state index contributed by atoms with van der Waals surface area (Å²) >= 11 is 0. The summed E-state index contributed by atoms with van der Waals surface area (Å²) < 4.78 is 11.5. The molecule has 5 heteroatoms. The van der Waals surface area contributed by atoms with Gasteiger partial charge in [-0.3, -0.25) is 0 Å². The summed E-state index contributed by atoms with van der Waals surface area (Å²) in [6.07, 6.45) is 5.10. The second-order valence-electron chi connectivity index (χ2n) is 9.33. The molecule has 0 saturated heterocycles. The second kappa shape index (κ2) is 7.05. The fourth-order valence-corrected chi connectivity index (χ4v) is 5.67. The third-order valence-electron chi connectivity index (χ3n) is 7.46. The lowest BCUT2D eigenvalue weighted by molar-refractivity contribution is -0.000645. The van der Waals surface area contributed by atoms with E-state index in [1.54, 1.807) is 12.1 Å². The van der Waals surface area contributed by atoms with E-state index in [1.165, 1.54) is 11.6 Å². The quantitative estimate of drug-likeness (QED) is 0.326. The number of fused-ring (bicyclic) bond motifs is 2. The van der Waals surface area contributed by atoms with Gasteiger partial charge in [-0.1, -0.05) is 37.6 Å². The van der Waals surface area contributed by atoms with Gasteiger partial charge in [0.15, 0.2) is 0 Å². The van der Waals surface area contributed by atoms with Crippen LogP contribution in [0.1, 0.15) is 47.0 Å². The monoisotopic (exact) mass is 395 g/mol. The first-order valence-corrected chi connectivity index (χ1v) is 10.3. The van der Waals surface area contributed by atoms with Crippen molar-refractivity contribution in [1.29, 1.82) is 0 Å². The van der Waals surface area contributed by atoms with E-state index in [1.807, 2.05) is 12.1 Å². The summed E-state index contributed by atoms with van der Waals surface area (Å²) in [5.74, 6) is 1.37. The molecule has 0 amide bonds. The van der Waals surface area contributed by atoms with E-state index in [4.69, 9.17) is 9.15 Å². The standard InChI is InChI=1S/C24H29NO4/c1-15-5-9-20-23(2,3)21(25-27)11-12-24(20,4)18(15)14-28-17-8-6-16-7-10-22(26)29-19(16)13-17/h5-8,10,13,18,20,27H,9,11-12,14H2,1-4H3/b25-21-/t18-,20?,24+/m0/s1. The SMILES string of the molecule is CC1=CCC2C(C)(C)/C(=N\O)CC[C@]2(C)[C@H]1COc1ccc2ccc(=O)oc2c1. The Hall–Kier alpha value is -2.56. The van der Waals surface area contributed by atoms with Crippen molar-refractivity contribution < 1.29 is 14.4 Å². The third-order valence-corrected chi connectivity index (χ3v) is 7.46. The molecule has 2 aromatic rings. The van der Waals surface area contributed by atoms with Gasteiger partial charge in [0.05, 0.1) is 12.3 Å². The van der Waals surface area contributed by atoms with Gasteiger partial charge in [0, 0.05) is 28.9 Å². The van der Waals surface area contributed by atoms with E-state index in [0.29, 0.717) is 23.9 Å². The van der Waals surface area contributed by atoms with Crippen LogP contribution in [0.4, 0.5) is 0 Å². The first-order chi connectivity index (χ1) is 13.8. The van der Waals surface area contributed by atoms with Crippen LogP contribution in [-0.2, 0) is 0 Å². The Morgan fingerprint density at radius 3 is 2.76 bits per heavy atom. The molecule has 3 atom stereocenters.